The average Bonchev–Trinajstić information content (AvgIpc) is 2.44. The summed E-state index contributed by atoms with van der Waals surface area (Å²) in [5, 5.41) is 6.62. The maximum absolute atomic E-state index is 11.8. The number of benzene rings is 1. The average molecular weight is 318 g/mol. The van der Waals surface area contributed by atoms with Gasteiger partial charge in [0.05, 0.1) is 0 Å². The van der Waals surface area contributed by atoms with Gasteiger partial charge in [-0.3, -0.25) is 0 Å². The van der Waals surface area contributed by atoms with Crippen molar-refractivity contribution in [3.8, 4) is 0 Å². The first kappa shape index (κ1) is 17.8. The molecule has 1 aliphatic carbocycles. The van der Waals surface area contributed by atoms with Gasteiger partial charge in [-0.15, -0.1) is 0 Å². The van der Waals surface area contributed by atoms with Crippen molar-refractivity contribution in [3.63, 3.8) is 0 Å². The van der Waals surface area contributed by atoms with Gasteiger partial charge in [0.2, 0.25) is 0 Å². The van der Waals surface area contributed by atoms with Crippen LogP contribution in [-0.2, 0) is 11.3 Å². The maximum Gasteiger partial charge on any atom is 0.407 e. The van der Waals surface area contributed by atoms with Crippen LogP contribution in [0.3, 0.4) is 0 Å². The van der Waals surface area contributed by atoms with Crippen molar-refractivity contribution >= 4 is 6.09 Å². The van der Waals surface area contributed by atoms with Crippen LogP contribution < -0.4 is 10.6 Å². The fourth-order valence-corrected chi connectivity index (χ4v) is 3.00. The Morgan fingerprint density at radius 2 is 1.83 bits per heavy atom. The van der Waals surface area contributed by atoms with E-state index in [0.29, 0.717) is 6.04 Å². The van der Waals surface area contributed by atoms with Crippen LogP contribution in [0.15, 0.2) is 24.3 Å². The van der Waals surface area contributed by atoms with Gasteiger partial charge in [-0.05, 0) is 58.9 Å². The van der Waals surface area contributed by atoms with E-state index < -0.39 is 5.60 Å². The van der Waals surface area contributed by atoms with Gasteiger partial charge >= 0.3 is 6.09 Å². The Morgan fingerprint density at radius 1 is 1.17 bits per heavy atom. The molecule has 4 heteroatoms. The van der Waals surface area contributed by atoms with E-state index >= 15 is 0 Å². The smallest absolute Gasteiger partial charge is 0.407 e. The van der Waals surface area contributed by atoms with Crippen molar-refractivity contribution in [2.24, 2.45) is 0 Å². The second-order valence-corrected chi connectivity index (χ2v) is 7.56. The zero-order valence-corrected chi connectivity index (χ0v) is 14.8. The molecule has 0 bridgehead atoms. The molecule has 1 aliphatic rings. The van der Waals surface area contributed by atoms with Crippen LogP contribution in [-0.4, -0.2) is 23.8 Å². The molecule has 0 heterocycles. The number of aryl methyl sites for hydroxylation is 1. The molecule has 128 valence electrons. The largest absolute Gasteiger partial charge is 0.444 e. The first-order valence-electron chi connectivity index (χ1n) is 8.60. The van der Waals surface area contributed by atoms with E-state index in [1.165, 1.54) is 11.1 Å². The monoisotopic (exact) mass is 318 g/mol. The lowest BCUT2D eigenvalue weighted by atomic mass is 9.91. The number of alkyl carbamates (subject to hydrolysis) is 1. The Bertz CT molecular complexity index is 514. The molecule has 2 rings (SSSR count). The molecule has 0 radical (unpaired) electrons. The summed E-state index contributed by atoms with van der Waals surface area (Å²) in [6.45, 7) is 8.70. The van der Waals surface area contributed by atoms with Gasteiger partial charge < -0.3 is 15.4 Å². The fraction of sp³-hybridized carbons (Fsp3) is 0.632. The van der Waals surface area contributed by atoms with Crippen LogP contribution in [0.2, 0.25) is 0 Å². The van der Waals surface area contributed by atoms with Gasteiger partial charge in [-0.2, -0.15) is 0 Å². The van der Waals surface area contributed by atoms with Gasteiger partial charge in [0.1, 0.15) is 5.60 Å². The van der Waals surface area contributed by atoms with E-state index in [4.69, 9.17) is 4.74 Å². The van der Waals surface area contributed by atoms with Crippen LogP contribution in [0.5, 0.6) is 0 Å². The molecule has 2 N–H and O–H groups in total. The molecule has 0 aromatic heterocycles. The van der Waals surface area contributed by atoms with E-state index in [1.54, 1.807) is 0 Å². The molecule has 4 nitrogen and oxygen atoms in total. The lowest BCUT2D eigenvalue weighted by Gasteiger charge is -2.30. The normalized spacial score (nSPS) is 21.7. The minimum Gasteiger partial charge on any atom is -0.444 e. The molecule has 1 aromatic carbocycles. The molecule has 1 amide bonds. The van der Waals surface area contributed by atoms with E-state index in [-0.39, 0.29) is 12.1 Å². The zero-order chi connectivity index (χ0) is 16.9. The van der Waals surface area contributed by atoms with E-state index in [9.17, 15) is 4.79 Å². The second kappa shape index (κ2) is 7.82. The SMILES string of the molecule is Cc1cccc(CNC2CCC(NC(=O)OC(C)(C)C)CC2)c1. The summed E-state index contributed by atoms with van der Waals surface area (Å²) < 4.78 is 5.32. The van der Waals surface area contributed by atoms with Gasteiger partial charge in [0, 0.05) is 18.6 Å². The highest BCUT2D eigenvalue weighted by Crippen LogP contribution is 2.20. The highest BCUT2D eigenvalue weighted by molar-refractivity contribution is 5.68. The van der Waals surface area contributed by atoms with Crippen LogP contribution in [0.1, 0.15) is 57.6 Å². The molecule has 23 heavy (non-hydrogen) atoms. The van der Waals surface area contributed by atoms with Gasteiger partial charge in [0.25, 0.3) is 0 Å². The number of nitrogens with one attached hydrogen (secondary N) is 2. The summed E-state index contributed by atoms with van der Waals surface area (Å²) in [5.74, 6) is 0. The van der Waals surface area contributed by atoms with E-state index in [0.717, 1.165) is 32.2 Å². The van der Waals surface area contributed by atoms with Crippen molar-refractivity contribution < 1.29 is 9.53 Å². The molecule has 0 aliphatic heterocycles. The number of ether oxygens (including phenoxy) is 1. The Balaban J connectivity index is 1.69. The number of amides is 1. The summed E-state index contributed by atoms with van der Waals surface area (Å²) in [6, 6.07) is 9.39. The van der Waals surface area contributed by atoms with Crippen molar-refractivity contribution in [2.45, 2.75) is 77.6 Å². The van der Waals surface area contributed by atoms with Gasteiger partial charge in [-0.25, -0.2) is 4.79 Å². The Labute approximate surface area is 140 Å². The number of carbonyl (C=O) groups is 1. The zero-order valence-electron chi connectivity index (χ0n) is 14.8. The van der Waals surface area contributed by atoms with Crippen molar-refractivity contribution in [3.05, 3.63) is 35.4 Å². The Morgan fingerprint density at radius 3 is 2.43 bits per heavy atom. The summed E-state index contributed by atoms with van der Waals surface area (Å²) in [5.41, 5.74) is 2.20. The van der Waals surface area contributed by atoms with Gasteiger partial charge in [-0.1, -0.05) is 29.8 Å². The van der Waals surface area contributed by atoms with Gasteiger partial charge in [0.15, 0.2) is 0 Å². The molecule has 0 spiro atoms. The molecule has 0 atom stereocenters. The first-order chi connectivity index (χ1) is 10.8. The molecule has 1 fully saturated rings. The quantitative estimate of drug-likeness (QED) is 0.884. The number of hydrogen-bond acceptors (Lipinski definition) is 3. The van der Waals surface area contributed by atoms with Crippen LogP contribution in [0.25, 0.3) is 0 Å². The molecular formula is C19H30N2O2. The minimum absolute atomic E-state index is 0.238. The topological polar surface area (TPSA) is 50.4 Å². The highest BCUT2D eigenvalue weighted by atomic mass is 16.6. The maximum atomic E-state index is 11.8. The van der Waals surface area contributed by atoms with Crippen LogP contribution in [0, 0.1) is 6.92 Å². The highest BCUT2D eigenvalue weighted by Gasteiger charge is 2.24. The summed E-state index contributed by atoms with van der Waals surface area (Å²) in [6.07, 6.45) is 3.89. The summed E-state index contributed by atoms with van der Waals surface area (Å²) in [4.78, 5) is 11.8. The third kappa shape index (κ3) is 6.61. The first-order valence-corrected chi connectivity index (χ1v) is 8.60. The van der Waals surface area contributed by atoms with E-state index in [2.05, 4.69) is 41.8 Å². The molecule has 0 unspecified atom stereocenters. The number of rotatable bonds is 4. The summed E-state index contributed by atoms with van der Waals surface area (Å²) in [7, 11) is 0. The predicted molar refractivity (Wildman–Crippen MR) is 93.4 cm³/mol. The third-order valence-corrected chi connectivity index (χ3v) is 4.13. The predicted octanol–water partition coefficient (Wildman–Crippen LogP) is 3.92. The molecule has 1 aromatic rings. The summed E-state index contributed by atoms with van der Waals surface area (Å²) >= 11 is 0. The lowest BCUT2D eigenvalue weighted by Crippen LogP contribution is -2.43. The van der Waals surface area contributed by atoms with Crippen molar-refractivity contribution in [1.82, 2.24) is 10.6 Å². The van der Waals surface area contributed by atoms with Crippen molar-refractivity contribution in [2.75, 3.05) is 0 Å². The van der Waals surface area contributed by atoms with Crippen LogP contribution >= 0.6 is 0 Å². The van der Waals surface area contributed by atoms with Crippen molar-refractivity contribution in [1.29, 1.82) is 0 Å². The number of carbonyl (C=O) groups excluding carboxylic acids is 1. The standard InChI is InChI=1S/C19H30N2O2/c1-14-6-5-7-15(12-14)13-20-16-8-10-17(11-9-16)21-18(22)23-19(2,3)4/h5-7,12,16-17,20H,8-11,13H2,1-4H3,(H,21,22). The second-order valence-electron chi connectivity index (χ2n) is 7.56. The molecular weight excluding hydrogens is 288 g/mol. The fourth-order valence-electron chi connectivity index (χ4n) is 3.00. The Hall–Kier alpha value is -1.55. The molecule has 0 saturated heterocycles. The third-order valence-electron chi connectivity index (χ3n) is 4.13. The van der Waals surface area contributed by atoms with Crippen LogP contribution in [0.4, 0.5) is 4.79 Å². The molecule has 1 saturated carbocycles. The number of hydrogen-bond donors (Lipinski definition) is 2. The van der Waals surface area contributed by atoms with E-state index in [1.807, 2.05) is 20.8 Å². The Kier molecular flexibility index (Phi) is 6.05. The lowest BCUT2D eigenvalue weighted by molar-refractivity contribution is 0.0490. The minimum atomic E-state index is -0.434.